The van der Waals surface area contributed by atoms with Crippen molar-refractivity contribution in [2.75, 3.05) is 5.32 Å². The summed E-state index contributed by atoms with van der Waals surface area (Å²) >= 11 is 6.96. The minimum Gasteiger partial charge on any atom is -0.489 e. The lowest BCUT2D eigenvalue weighted by Gasteiger charge is -2.09. The topological polar surface area (TPSA) is 62.1 Å². The van der Waals surface area contributed by atoms with Crippen LogP contribution in [0.5, 0.6) is 5.75 Å². The first-order valence-corrected chi connectivity index (χ1v) is 11.1. The fourth-order valence-corrected chi connectivity index (χ4v) is 3.95. The van der Waals surface area contributed by atoms with E-state index in [0.29, 0.717) is 18.0 Å². The molecular weight excluding hydrogens is 520 g/mol. The molecule has 0 atom stereocenters. The van der Waals surface area contributed by atoms with Gasteiger partial charge in [-0.15, -0.1) is 0 Å². The van der Waals surface area contributed by atoms with Gasteiger partial charge in [0.05, 0.1) is 0 Å². The number of nitrogens with zero attached hydrogens (tertiary/aromatic N) is 1. The second-order valence-electron chi connectivity index (χ2n) is 7.02. The molecule has 4 nitrogen and oxygen atoms in total. The second kappa shape index (κ2) is 10.4. The number of hydrogen-bond acceptors (Lipinski definition) is 3. The highest BCUT2D eigenvalue weighted by molar-refractivity contribution is 9.11. The van der Waals surface area contributed by atoms with Crippen LogP contribution in [0.15, 0.2) is 75.2 Å². The summed E-state index contributed by atoms with van der Waals surface area (Å²) in [5.74, 6) is 0.260. The van der Waals surface area contributed by atoms with E-state index in [-0.39, 0.29) is 5.57 Å². The van der Waals surface area contributed by atoms with Gasteiger partial charge in [0.25, 0.3) is 5.91 Å². The van der Waals surface area contributed by atoms with Crippen molar-refractivity contribution in [3.8, 4) is 11.8 Å². The Morgan fingerprint density at radius 3 is 2.42 bits per heavy atom. The highest BCUT2D eigenvalue weighted by atomic mass is 79.9. The van der Waals surface area contributed by atoms with Crippen LogP contribution in [-0.2, 0) is 11.4 Å². The molecule has 1 amide bonds. The molecule has 0 radical (unpaired) electrons. The Morgan fingerprint density at radius 2 is 1.77 bits per heavy atom. The Labute approximate surface area is 198 Å². The zero-order valence-electron chi connectivity index (χ0n) is 17.1. The molecule has 0 fully saturated rings. The van der Waals surface area contributed by atoms with Crippen molar-refractivity contribution in [3.05, 3.63) is 97.4 Å². The number of ether oxygens (including phenoxy) is 1. The molecule has 0 saturated heterocycles. The number of anilines is 1. The molecule has 0 heterocycles. The number of nitriles is 1. The maximum Gasteiger partial charge on any atom is 0.266 e. The van der Waals surface area contributed by atoms with E-state index in [4.69, 9.17) is 4.74 Å². The lowest BCUT2D eigenvalue weighted by Crippen LogP contribution is -2.13. The normalized spacial score (nSPS) is 11.0. The van der Waals surface area contributed by atoms with Gasteiger partial charge in [-0.2, -0.15) is 5.26 Å². The Bertz CT molecular complexity index is 1180. The number of nitrogens with one attached hydrogen (secondary N) is 1. The van der Waals surface area contributed by atoms with Crippen molar-refractivity contribution >= 4 is 49.5 Å². The summed E-state index contributed by atoms with van der Waals surface area (Å²) in [4.78, 5) is 12.5. The van der Waals surface area contributed by atoms with Crippen molar-refractivity contribution in [1.82, 2.24) is 0 Å². The largest absolute Gasteiger partial charge is 0.489 e. The van der Waals surface area contributed by atoms with E-state index >= 15 is 0 Å². The number of hydrogen-bond donors (Lipinski definition) is 1. The quantitative estimate of drug-likeness (QED) is 0.272. The maximum absolute atomic E-state index is 12.5. The molecule has 0 aliphatic heterocycles. The highest BCUT2D eigenvalue weighted by Crippen LogP contribution is 2.24. The molecule has 0 unspecified atom stereocenters. The van der Waals surface area contributed by atoms with Gasteiger partial charge in [-0.05, 0) is 73.0 Å². The van der Waals surface area contributed by atoms with E-state index in [0.717, 1.165) is 31.2 Å². The second-order valence-corrected chi connectivity index (χ2v) is 8.79. The molecule has 1 N–H and O–H groups in total. The zero-order chi connectivity index (χ0) is 22.4. The molecule has 0 bridgehead atoms. The zero-order valence-corrected chi connectivity index (χ0v) is 20.2. The Morgan fingerprint density at radius 1 is 1.03 bits per heavy atom. The number of halogens is 2. The summed E-state index contributed by atoms with van der Waals surface area (Å²) in [6.07, 6.45) is 1.56. The van der Waals surface area contributed by atoms with Crippen molar-refractivity contribution < 1.29 is 9.53 Å². The number of carbonyl (C=O) groups excluding carboxylic acids is 1. The van der Waals surface area contributed by atoms with Crippen LogP contribution in [0.2, 0.25) is 0 Å². The lowest BCUT2D eigenvalue weighted by atomic mass is 10.1. The smallest absolute Gasteiger partial charge is 0.266 e. The SMILES string of the molecule is Cc1ccc(NC(=O)/C(C#N)=C\c2ccc(OCc3ccc(Br)cc3Br)cc2)cc1C. The molecule has 0 saturated carbocycles. The summed E-state index contributed by atoms with van der Waals surface area (Å²) < 4.78 is 7.80. The van der Waals surface area contributed by atoms with Crippen LogP contribution in [0.3, 0.4) is 0 Å². The molecule has 6 heteroatoms. The van der Waals surface area contributed by atoms with Crippen LogP contribution in [0, 0.1) is 25.2 Å². The monoisotopic (exact) mass is 538 g/mol. The van der Waals surface area contributed by atoms with Gasteiger partial charge >= 0.3 is 0 Å². The first-order chi connectivity index (χ1) is 14.9. The average Bonchev–Trinajstić information content (AvgIpc) is 2.75. The fraction of sp³-hybridized carbons (Fsp3) is 0.120. The van der Waals surface area contributed by atoms with Crippen molar-refractivity contribution in [2.24, 2.45) is 0 Å². The van der Waals surface area contributed by atoms with E-state index in [1.54, 1.807) is 6.08 Å². The van der Waals surface area contributed by atoms with Gasteiger partial charge in [0, 0.05) is 20.2 Å². The molecular formula is C25H20Br2N2O2. The number of benzene rings is 3. The predicted molar refractivity (Wildman–Crippen MR) is 131 cm³/mol. The first kappa shape index (κ1) is 22.8. The van der Waals surface area contributed by atoms with Crippen LogP contribution in [0.4, 0.5) is 5.69 Å². The summed E-state index contributed by atoms with van der Waals surface area (Å²) in [5, 5.41) is 12.2. The molecule has 31 heavy (non-hydrogen) atoms. The summed E-state index contributed by atoms with van der Waals surface area (Å²) in [6.45, 7) is 4.41. The number of rotatable bonds is 6. The number of amides is 1. The molecule has 3 aromatic rings. The van der Waals surface area contributed by atoms with Crippen molar-refractivity contribution in [1.29, 1.82) is 5.26 Å². The first-order valence-electron chi connectivity index (χ1n) is 9.53. The van der Waals surface area contributed by atoms with Gasteiger partial charge in [0.2, 0.25) is 0 Å². The summed E-state index contributed by atoms with van der Waals surface area (Å²) in [5.41, 5.74) is 4.68. The third-order valence-electron chi connectivity index (χ3n) is 4.73. The van der Waals surface area contributed by atoms with Gasteiger partial charge in [-0.3, -0.25) is 4.79 Å². The third-order valence-corrected chi connectivity index (χ3v) is 5.96. The van der Waals surface area contributed by atoms with Gasteiger partial charge in [-0.25, -0.2) is 0 Å². The highest BCUT2D eigenvalue weighted by Gasteiger charge is 2.10. The Hall–Kier alpha value is -2.88. The fourth-order valence-electron chi connectivity index (χ4n) is 2.79. The molecule has 0 spiro atoms. The molecule has 3 aromatic carbocycles. The van der Waals surface area contributed by atoms with Crippen LogP contribution in [0.25, 0.3) is 6.08 Å². The van der Waals surface area contributed by atoms with Crippen LogP contribution >= 0.6 is 31.9 Å². The van der Waals surface area contributed by atoms with Crippen molar-refractivity contribution in [3.63, 3.8) is 0 Å². The standard InChI is InChI=1S/C25H20Br2N2O2/c1-16-3-8-22(11-17(16)2)29-25(30)20(14-28)12-18-4-9-23(10-5-18)31-15-19-6-7-21(26)13-24(19)27/h3-13H,15H2,1-2H3,(H,29,30)/b20-12-. The minimum atomic E-state index is -0.439. The third kappa shape index (κ3) is 6.30. The lowest BCUT2D eigenvalue weighted by molar-refractivity contribution is -0.112. The molecule has 0 aliphatic carbocycles. The van der Waals surface area contributed by atoms with Gasteiger partial charge in [0.15, 0.2) is 0 Å². The van der Waals surface area contributed by atoms with E-state index in [2.05, 4.69) is 37.2 Å². The molecule has 0 aromatic heterocycles. The maximum atomic E-state index is 12.5. The minimum absolute atomic E-state index is 0.0330. The van der Waals surface area contributed by atoms with Crippen LogP contribution in [0.1, 0.15) is 22.3 Å². The molecule has 0 aliphatic rings. The summed E-state index contributed by atoms with van der Waals surface area (Å²) in [6, 6.07) is 20.8. The van der Waals surface area contributed by atoms with E-state index in [9.17, 15) is 10.1 Å². The van der Waals surface area contributed by atoms with E-state index in [1.165, 1.54) is 0 Å². The van der Waals surface area contributed by atoms with E-state index < -0.39 is 5.91 Å². The number of carbonyl (C=O) groups is 1. The van der Waals surface area contributed by atoms with Gasteiger partial charge in [-0.1, -0.05) is 56.1 Å². The van der Waals surface area contributed by atoms with E-state index in [1.807, 2.05) is 80.6 Å². The Kier molecular flexibility index (Phi) is 7.67. The number of aryl methyl sites for hydroxylation is 2. The van der Waals surface area contributed by atoms with Crippen LogP contribution in [-0.4, -0.2) is 5.91 Å². The van der Waals surface area contributed by atoms with Crippen LogP contribution < -0.4 is 10.1 Å². The predicted octanol–water partition coefficient (Wildman–Crippen LogP) is 6.95. The van der Waals surface area contributed by atoms with Gasteiger partial charge in [0.1, 0.15) is 24.0 Å². The Balaban J connectivity index is 1.66. The molecule has 156 valence electrons. The van der Waals surface area contributed by atoms with Crippen molar-refractivity contribution in [2.45, 2.75) is 20.5 Å². The average molecular weight is 540 g/mol. The summed E-state index contributed by atoms with van der Waals surface area (Å²) in [7, 11) is 0. The van der Waals surface area contributed by atoms with Gasteiger partial charge < -0.3 is 10.1 Å². The molecule has 3 rings (SSSR count).